The Morgan fingerprint density at radius 1 is 0.882 bits per heavy atom. The Kier molecular flexibility index (Phi) is 7.48. The maximum Gasteiger partial charge on any atom is 0.318 e. The van der Waals surface area contributed by atoms with Gasteiger partial charge in [-0.15, -0.1) is 0 Å². The number of nitro benzene ring substituents is 3. The predicted molar refractivity (Wildman–Crippen MR) is 125 cm³/mol. The molecule has 0 aliphatic rings. The number of aliphatic imine (C=N–C) groups is 1. The Labute approximate surface area is 200 Å². The van der Waals surface area contributed by atoms with Gasteiger partial charge in [0, 0.05) is 24.4 Å². The van der Waals surface area contributed by atoms with Crippen molar-refractivity contribution >= 4 is 44.9 Å². The molecular weight excluding hydrogens is 516 g/mol. The second-order valence-electron chi connectivity index (χ2n) is 6.56. The van der Waals surface area contributed by atoms with Gasteiger partial charge in [-0.3, -0.25) is 35.3 Å². The van der Waals surface area contributed by atoms with Gasteiger partial charge in [-0.05, 0) is 58.7 Å². The summed E-state index contributed by atoms with van der Waals surface area (Å²) < 4.78 is 11.7. The molecule has 0 radical (unpaired) electrons. The highest BCUT2D eigenvalue weighted by molar-refractivity contribution is 9.10. The fraction of sp³-hybridized carbons (Fsp3) is 0.0952. The zero-order valence-corrected chi connectivity index (χ0v) is 19.0. The summed E-state index contributed by atoms with van der Waals surface area (Å²) in [5.41, 5.74) is -0.00350. The van der Waals surface area contributed by atoms with E-state index in [1.807, 2.05) is 0 Å². The second-order valence-corrected chi connectivity index (χ2v) is 7.42. The Hall–Kier alpha value is -4.39. The third-order valence-corrected chi connectivity index (χ3v) is 4.91. The Morgan fingerprint density at radius 2 is 1.53 bits per heavy atom. The van der Waals surface area contributed by atoms with Crippen LogP contribution in [0.5, 0.6) is 17.2 Å². The molecule has 0 bridgehead atoms. The van der Waals surface area contributed by atoms with Crippen molar-refractivity contribution in [1.82, 2.24) is 0 Å². The number of nitro groups is 3. The third kappa shape index (κ3) is 5.69. The number of benzene rings is 3. The number of ether oxygens (including phenoxy) is 2. The SMILES string of the molecule is CCOc1cc(C=Nc2ccc([N+](=O)[O-])cc2)cc(Br)c1Oc1ccc([N+](=O)[O-])cc1[N+](=O)[O-]. The van der Waals surface area contributed by atoms with Crippen molar-refractivity contribution in [3.63, 3.8) is 0 Å². The average Bonchev–Trinajstić information content (AvgIpc) is 2.80. The van der Waals surface area contributed by atoms with Crippen LogP contribution in [0.1, 0.15) is 12.5 Å². The van der Waals surface area contributed by atoms with E-state index < -0.39 is 26.1 Å². The van der Waals surface area contributed by atoms with E-state index in [1.54, 1.807) is 19.1 Å². The number of halogens is 1. The van der Waals surface area contributed by atoms with Crippen molar-refractivity contribution in [3.05, 3.63) is 95.0 Å². The van der Waals surface area contributed by atoms with Crippen LogP contribution < -0.4 is 9.47 Å². The van der Waals surface area contributed by atoms with Gasteiger partial charge in [-0.1, -0.05) is 0 Å². The Morgan fingerprint density at radius 3 is 2.12 bits per heavy atom. The van der Waals surface area contributed by atoms with E-state index in [9.17, 15) is 30.3 Å². The number of nitrogens with zero attached hydrogens (tertiary/aromatic N) is 4. The summed E-state index contributed by atoms with van der Waals surface area (Å²) in [6.07, 6.45) is 1.51. The molecule has 0 heterocycles. The minimum atomic E-state index is -0.776. The van der Waals surface area contributed by atoms with E-state index in [2.05, 4.69) is 20.9 Å². The summed E-state index contributed by atoms with van der Waals surface area (Å²) in [4.78, 5) is 35.4. The molecule has 0 unspecified atom stereocenters. The Balaban J connectivity index is 1.95. The van der Waals surface area contributed by atoms with Gasteiger partial charge < -0.3 is 9.47 Å². The highest BCUT2D eigenvalue weighted by atomic mass is 79.9. The summed E-state index contributed by atoms with van der Waals surface area (Å²) in [5, 5.41) is 33.1. The average molecular weight is 531 g/mol. The lowest BCUT2D eigenvalue weighted by Gasteiger charge is -2.14. The molecular formula is C21H15BrN4O8. The van der Waals surface area contributed by atoms with Crippen molar-refractivity contribution in [1.29, 1.82) is 0 Å². The number of hydrogen-bond acceptors (Lipinski definition) is 9. The number of non-ortho nitro benzene ring substituents is 2. The minimum Gasteiger partial charge on any atom is -0.490 e. The molecule has 34 heavy (non-hydrogen) atoms. The molecule has 0 atom stereocenters. The predicted octanol–water partition coefficient (Wildman–Crippen LogP) is 6.12. The quantitative estimate of drug-likeness (QED) is 0.181. The first-order valence-corrected chi connectivity index (χ1v) is 10.3. The molecule has 0 saturated heterocycles. The van der Waals surface area contributed by atoms with E-state index in [4.69, 9.17) is 9.47 Å². The molecule has 0 saturated carbocycles. The molecule has 3 aromatic carbocycles. The molecule has 174 valence electrons. The van der Waals surface area contributed by atoms with Gasteiger partial charge in [0.05, 0.1) is 37.6 Å². The topological polar surface area (TPSA) is 160 Å². The van der Waals surface area contributed by atoms with Crippen LogP contribution in [0.2, 0.25) is 0 Å². The monoisotopic (exact) mass is 530 g/mol. The van der Waals surface area contributed by atoms with Crippen molar-refractivity contribution in [2.45, 2.75) is 6.92 Å². The highest BCUT2D eigenvalue weighted by Crippen LogP contribution is 2.43. The summed E-state index contributed by atoms with van der Waals surface area (Å²) in [7, 11) is 0. The van der Waals surface area contributed by atoms with Crippen molar-refractivity contribution in [3.8, 4) is 17.2 Å². The lowest BCUT2D eigenvalue weighted by molar-refractivity contribution is -0.394. The first-order valence-electron chi connectivity index (χ1n) is 9.55. The standard InChI is InChI=1S/C21H15BrN4O8/c1-2-33-20-10-13(12-23-14-3-5-15(6-4-14)24(27)28)9-17(22)21(20)34-19-8-7-16(25(29)30)11-18(19)26(31)32/h3-12H,2H2,1H3. The summed E-state index contributed by atoms with van der Waals surface area (Å²) >= 11 is 3.36. The lowest BCUT2D eigenvalue weighted by atomic mass is 10.2. The smallest absolute Gasteiger partial charge is 0.318 e. The fourth-order valence-electron chi connectivity index (χ4n) is 2.79. The van der Waals surface area contributed by atoms with Crippen LogP contribution in [0.25, 0.3) is 0 Å². The van der Waals surface area contributed by atoms with Gasteiger partial charge in [0.25, 0.3) is 11.4 Å². The zero-order valence-electron chi connectivity index (χ0n) is 17.4. The van der Waals surface area contributed by atoms with E-state index in [-0.39, 0.29) is 29.5 Å². The molecule has 3 rings (SSSR count). The third-order valence-electron chi connectivity index (χ3n) is 4.32. The van der Waals surface area contributed by atoms with Crippen molar-refractivity contribution in [2.75, 3.05) is 6.61 Å². The van der Waals surface area contributed by atoms with E-state index >= 15 is 0 Å². The summed E-state index contributed by atoms with van der Waals surface area (Å²) in [6, 6.07) is 11.9. The maximum atomic E-state index is 11.4. The van der Waals surface area contributed by atoms with Crippen LogP contribution in [-0.4, -0.2) is 27.6 Å². The summed E-state index contributed by atoms with van der Waals surface area (Å²) in [6.45, 7) is 2.00. The summed E-state index contributed by atoms with van der Waals surface area (Å²) in [5.74, 6) is 0.172. The second kappa shape index (κ2) is 10.5. The van der Waals surface area contributed by atoms with Gasteiger partial charge in [0.15, 0.2) is 11.5 Å². The largest absolute Gasteiger partial charge is 0.490 e. The molecule has 0 fully saturated rings. The molecule has 3 aromatic rings. The molecule has 13 heteroatoms. The molecule has 0 aliphatic carbocycles. The van der Waals surface area contributed by atoms with Crippen molar-refractivity contribution < 1.29 is 24.2 Å². The molecule has 0 aromatic heterocycles. The number of rotatable bonds is 9. The van der Waals surface area contributed by atoms with Gasteiger partial charge in [0.2, 0.25) is 5.75 Å². The zero-order chi connectivity index (χ0) is 24.8. The molecule has 0 spiro atoms. The first-order chi connectivity index (χ1) is 16.2. The fourth-order valence-corrected chi connectivity index (χ4v) is 3.33. The van der Waals surface area contributed by atoms with E-state index in [0.717, 1.165) is 18.2 Å². The van der Waals surface area contributed by atoms with E-state index in [0.29, 0.717) is 15.7 Å². The van der Waals surface area contributed by atoms with Crippen LogP contribution in [0.4, 0.5) is 22.7 Å². The normalized spacial score (nSPS) is 10.8. The Bertz CT molecular complexity index is 1290. The minimum absolute atomic E-state index is 0.0536. The molecule has 12 nitrogen and oxygen atoms in total. The van der Waals surface area contributed by atoms with Crippen LogP contribution in [0.3, 0.4) is 0 Å². The van der Waals surface area contributed by atoms with Gasteiger partial charge in [0.1, 0.15) is 0 Å². The van der Waals surface area contributed by atoms with Gasteiger partial charge in [-0.2, -0.15) is 0 Å². The van der Waals surface area contributed by atoms with Crippen LogP contribution in [0.15, 0.2) is 64.1 Å². The van der Waals surface area contributed by atoms with Crippen LogP contribution in [0, 0.1) is 30.3 Å². The van der Waals surface area contributed by atoms with E-state index in [1.165, 1.54) is 30.5 Å². The van der Waals surface area contributed by atoms with Gasteiger partial charge >= 0.3 is 5.69 Å². The molecule has 0 N–H and O–H groups in total. The highest BCUT2D eigenvalue weighted by Gasteiger charge is 2.23. The first kappa shape index (κ1) is 24.3. The molecule has 0 amide bonds. The molecule has 0 aliphatic heterocycles. The number of hydrogen-bond donors (Lipinski definition) is 0. The van der Waals surface area contributed by atoms with Crippen molar-refractivity contribution in [2.24, 2.45) is 4.99 Å². The van der Waals surface area contributed by atoms with Crippen LogP contribution >= 0.6 is 15.9 Å². The lowest BCUT2D eigenvalue weighted by Crippen LogP contribution is -2.00. The maximum absolute atomic E-state index is 11.4. The van der Waals surface area contributed by atoms with Crippen LogP contribution in [-0.2, 0) is 0 Å². The van der Waals surface area contributed by atoms with Gasteiger partial charge in [-0.25, -0.2) is 0 Å².